The van der Waals surface area contributed by atoms with Crippen molar-refractivity contribution in [1.82, 2.24) is 19.4 Å². The average molecular weight is 423 g/mol. The molecule has 3 aromatic rings. The molecule has 1 aliphatic heterocycles. The number of imidazole rings is 1. The van der Waals surface area contributed by atoms with E-state index in [9.17, 15) is 9.18 Å². The second-order valence-corrected chi connectivity index (χ2v) is 7.76. The summed E-state index contributed by atoms with van der Waals surface area (Å²) in [5.74, 6) is 0.479. The van der Waals surface area contributed by atoms with E-state index in [1.54, 1.807) is 24.0 Å². The highest BCUT2D eigenvalue weighted by atomic mass is 19.1. The van der Waals surface area contributed by atoms with Crippen molar-refractivity contribution >= 4 is 5.91 Å². The molecule has 1 saturated heterocycles. The lowest BCUT2D eigenvalue weighted by molar-refractivity contribution is -0.140. The number of hydrogen-bond donors (Lipinski definition) is 0. The largest absolute Gasteiger partial charge is 0.478 e. The van der Waals surface area contributed by atoms with Crippen LogP contribution >= 0.6 is 0 Å². The molecule has 2 aromatic carbocycles. The maximum atomic E-state index is 13.9. The van der Waals surface area contributed by atoms with Gasteiger partial charge in [-0.3, -0.25) is 9.69 Å². The first-order valence-electron chi connectivity index (χ1n) is 10.5. The van der Waals surface area contributed by atoms with E-state index in [4.69, 9.17) is 4.74 Å². The molecule has 1 aromatic heterocycles. The number of carbonyl (C=O) groups excluding carboxylic acids is 1. The maximum Gasteiger partial charge on any atom is 0.263 e. The van der Waals surface area contributed by atoms with Gasteiger partial charge >= 0.3 is 0 Å². The van der Waals surface area contributed by atoms with Crippen molar-refractivity contribution in [3.63, 3.8) is 0 Å². The molecule has 0 spiro atoms. The zero-order valence-electron chi connectivity index (χ0n) is 17.8. The molecule has 0 N–H and O–H groups in total. The summed E-state index contributed by atoms with van der Waals surface area (Å²) in [6.45, 7) is 4.26. The van der Waals surface area contributed by atoms with Crippen LogP contribution in [-0.2, 0) is 11.8 Å². The fraction of sp³-hybridized carbons (Fsp3) is 0.333. The normalized spacial score (nSPS) is 16.7. The number of ether oxygens (including phenoxy) is 1. The minimum Gasteiger partial charge on any atom is -0.478 e. The van der Waals surface area contributed by atoms with Gasteiger partial charge in [0.2, 0.25) is 0 Å². The highest BCUT2D eigenvalue weighted by molar-refractivity contribution is 5.81. The number of benzene rings is 2. The predicted molar refractivity (Wildman–Crippen MR) is 116 cm³/mol. The topological polar surface area (TPSA) is 50.6 Å². The Hall–Kier alpha value is -3.19. The van der Waals surface area contributed by atoms with E-state index < -0.39 is 11.9 Å². The molecule has 162 valence electrons. The Kier molecular flexibility index (Phi) is 6.32. The van der Waals surface area contributed by atoms with Crippen molar-refractivity contribution in [2.24, 2.45) is 7.05 Å². The Balaban J connectivity index is 1.43. The molecule has 1 amide bonds. The zero-order chi connectivity index (χ0) is 21.8. The summed E-state index contributed by atoms with van der Waals surface area (Å²) in [5, 5.41) is 0. The smallest absolute Gasteiger partial charge is 0.263 e. The molecular weight excluding hydrogens is 395 g/mol. The molecule has 1 fully saturated rings. The van der Waals surface area contributed by atoms with Crippen molar-refractivity contribution in [1.29, 1.82) is 0 Å². The fourth-order valence-corrected chi connectivity index (χ4v) is 4.04. The minimum absolute atomic E-state index is 0.0190. The van der Waals surface area contributed by atoms with Gasteiger partial charge in [-0.15, -0.1) is 0 Å². The van der Waals surface area contributed by atoms with Gasteiger partial charge in [0, 0.05) is 45.6 Å². The van der Waals surface area contributed by atoms with E-state index in [0.717, 1.165) is 5.82 Å². The third-order valence-electron chi connectivity index (χ3n) is 5.70. The lowest BCUT2D eigenvalue weighted by Gasteiger charge is -2.39. The number of piperazine rings is 1. The van der Waals surface area contributed by atoms with Gasteiger partial charge in [0.1, 0.15) is 5.82 Å². The number of halogens is 1. The summed E-state index contributed by atoms with van der Waals surface area (Å²) in [5.41, 5.74) is 1.17. The summed E-state index contributed by atoms with van der Waals surface area (Å²) < 4.78 is 21.5. The molecule has 1 aliphatic rings. The highest BCUT2D eigenvalue weighted by Gasteiger charge is 2.32. The van der Waals surface area contributed by atoms with Gasteiger partial charge < -0.3 is 14.2 Å². The minimum atomic E-state index is -0.747. The van der Waals surface area contributed by atoms with Crippen LogP contribution in [0, 0.1) is 5.82 Å². The van der Waals surface area contributed by atoms with Crippen molar-refractivity contribution < 1.29 is 13.9 Å². The molecule has 31 heavy (non-hydrogen) atoms. The van der Waals surface area contributed by atoms with Crippen molar-refractivity contribution in [2.75, 3.05) is 26.2 Å². The van der Waals surface area contributed by atoms with E-state index in [0.29, 0.717) is 26.2 Å². The van der Waals surface area contributed by atoms with Crippen LogP contribution < -0.4 is 4.74 Å². The Labute approximate surface area is 181 Å². The SMILES string of the molecule is CC(Oc1ccccc1F)C(=O)N1CCN(C(c2ccccc2)c2nccn2C)CC1. The van der Waals surface area contributed by atoms with Gasteiger partial charge in [-0.1, -0.05) is 42.5 Å². The molecule has 0 aliphatic carbocycles. The number of aryl methyl sites for hydroxylation is 1. The quantitative estimate of drug-likeness (QED) is 0.612. The van der Waals surface area contributed by atoms with E-state index in [1.807, 2.05) is 42.2 Å². The van der Waals surface area contributed by atoms with Crippen molar-refractivity contribution in [2.45, 2.75) is 19.1 Å². The Morgan fingerprint density at radius 2 is 1.71 bits per heavy atom. The molecule has 0 saturated carbocycles. The molecule has 2 heterocycles. The van der Waals surface area contributed by atoms with Gasteiger partial charge in [-0.25, -0.2) is 9.37 Å². The van der Waals surface area contributed by atoms with Gasteiger partial charge in [-0.2, -0.15) is 0 Å². The van der Waals surface area contributed by atoms with Crippen LogP contribution in [0.1, 0.15) is 24.4 Å². The third kappa shape index (κ3) is 4.61. The summed E-state index contributed by atoms with van der Waals surface area (Å²) >= 11 is 0. The summed E-state index contributed by atoms with van der Waals surface area (Å²) in [6.07, 6.45) is 3.02. The van der Waals surface area contributed by atoms with Crippen LogP contribution in [0.15, 0.2) is 67.0 Å². The standard InChI is InChI=1S/C24H27FN4O2/c1-18(31-21-11-7-6-10-20(21)25)24(30)29-16-14-28(15-17-29)22(19-8-4-3-5-9-19)23-26-12-13-27(23)2/h3-13,18,22H,14-17H2,1-2H3. The number of amides is 1. The van der Waals surface area contributed by atoms with Crippen LogP contribution in [0.2, 0.25) is 0 Å². The van der Waals surface area contributed by atoms with Crippen LogP contribution in [0.25, 0.3) is 0 Å². The monoisotopic (exact) mass is 422 g/mol. The zero-order valence-corrected chi connectivity index (χ0v) is 17.8. The van der Waals surface area contributed by atoms with Crippen LogP contribution in [0.5, 0.6) is 5.75 Å². The molecule has 7 heteroatoms. The first kappa shape index (κ1) is 21.1. The number of nitrogens with zero attached hydrogens (tertiary/aromatic N) is 4. The van der Waals surface area contributed by atoms with Gasteiger partial charge in [0.15, 0.2) is 17.7 Å². The second kappa shape index (κ2) is 9.31. The molecule has 0 bridgehead atoms. The number of hydrogen-bond acceptors (Lipinski definition) is 4. The number of rotatable bonds is 6. The first-order chi connectivity index (χ1) is 15.0. The summed E-state index contributed by atoms with van der Waals surface area (Å²) in [4.78, 5) is 21.6. The Bertz CT molecular complexity index is 1020. The molecule has 4 rings (SSSR count). The first-order valence-corrected chi connectivity index (χ1v) is 10.5. The van der Waals surface area contributed by atoms with Crippen LogP contribution in [0.3, 0.4) is 0 Å². The second-order valence-electron chi connectivity index (χ2n) is 7.76. The van der Waals surface area contributed by atoms with E-state index in [1.165, 1.54) is 17.7 Å². The molecule has 2 unspecified atom stereocenters. The average Bonchev–Trinajstić information content (AvgIpc) is 3.21. The number of para-hydroxylation sites is 1. The van der Waals surface area contributed by atoms with E-state index in [-0.39, 0.29) is 17.7 Å². The Morgan fingerprint density at radius 1 is 1.03 bits per heavy atom. The lowest BCUT2D eigenvalue weighted by Crippen LogP contribution is -2.52. The van der Waals surface area contributed by atoms with Crippen LogP contribution in [0.4, 0.5) is 4.39 Å². The van der Waals surface area contributed by atoms with E-state index >= 15 is 0 Å². The van der Waals surface area contributed by atoms with Crippen molar-refractivity contribution in [3.05, 3.63) is 84.2 Å². The molecular formula is C24H27FN4O2. The van der Waals surface area contributed by atoms with Crippen LogP contribution in [-0.4, -0.2) is 57.5 Å². The van der Waals surface area contributed by atoms with Gasteiger partial charge in [0.05, 0.1) is 6.04 Å². The molecule has 6 nitrogen and oxygen atoms in total. The number of carbonyl (C=O) groups is 1. The van der Waals surface area contributed by atoms with Crippen molar-refractivity contribution in [3.8, 4) is 5.75 Å². The lowest BCUT2D eigenvalue weighted by atomic mass is 10.0. The summed E-state index contributed by atoms with van der Waals surface area (Å²) in [7, 11) is 2.00. The van der Waals surface area contributed by atoms with Gasteiger partial charge in [-0.05, 0) is 24.6 Å². The van der Waals surface area contributed by atoms with E-state index in [2.05, 4.69) is 22.0 Å². The van der Waals surface area contributed by atoms with Gasteiger partial charge in [0.25, 0.3) is 5.91 Å². The molecule has 0 radical (unpaired) electrons. The number of aromatic nitrogens is 2. The fourth-order valence-electron chi connectivity index (χ4n) is 4.04. The third-order valence-corrected chi connectivity index (χ3v) is 5.70. The Morgan fingerprint density at radius 3 is 2.35 bits per heavy atom. The summed E-state index contributed by atoms with van der Waals surface area (Å²) in [6, 6.07) is 16.5. The maximum absolute atomic E-state index is 13.9. The molecule has 2 atom stereocenters. The predicted octanol–water partition coefficient (Wildman–Crippen LogP) is 3.26. The highest BCUT2D eigenvalue weighted by Crippen LogP contribution is 2.28.